The van der Waals surface area contributed by atoms with Crippen molar-refractivity contribution < 1.29 is 22.8 Å². The minimum absolute atomic E-state index is 0.0894. The number of hydrazone groups is 1. The summed E-state index contributed by atoms with van der Waals surface area (Å²) < 4.78 is 43.0. The first kappa shape index (κ1) is 25.6. The van der Waals surface area contributed by atoms with Crippen LogP contribution in [0.2, 0.25) is 0 Å². The van der Waals surface area contributed by atoms with Crippen molar-refractivity contribution in [1.29, 1.82) is 0 Å². The number of nitro benzene ring substituents is 1. The van der Waals surface area contributed by atoms with Crippen LogP contribution in [0.1, 0.15) is 5.56 Å². The van der Waals surface area contributed by atoms with Gasteiger partial charge in [-0.25, -0.2) is 4.98 Å². The van der Waals surface area contributed by atoms with E-state index in [4.69, 9.17) is 12.2 Å². The SMILES string of the molecule is O=[N+]([O-])c1ccccc1NC(=S)N/N=C/c1ccc2c(ccc3c2ncn3-c2ccc(OC(F)(F)F)cc2)c1. The number of hydrogen-bond acceptors (Lipinski definition) is 6. The number of aromatic nitrogens is 2. The van der Waals surface area contributed by atoms with Gasteiger partial charge in [-0.15, -0.1) is 13.2 Å². The Hall–Kier alpha value is -5.04. The van der Waals surface area contributed by atoms with Crippen molar-refractivity contribution in [2.75, 3.05) is 5.32 Å². The van der Waals surface area contributed by atoms with E-state index in [9.17, 15) is 23.3 Å². The summed E-state index contributed by atoms with van der Waals surface area (Å²) in [6.45, 7) is 0. The number of imidazole rings is 1. The Morgan fingerprint density at radius 3 is 2.59 bits per heavy atom. The molecule has 13 heteroatoms. The van der Waals surface area contributed by atoms with Crippen molar-refractivity contribution >= 4 is 56.7 Å². The zero-order chi connectivity index (χ0) is 27.6. The third-order valence-corrected chi connectivity index (χ3v) is 5.83. The topological polar surface area (TPSA) is 107 Å². The van der Waals surface area contributed by atoms with Crippen LogP contribution in [-0.4, -0.2) is 32.2 Å². The molecule has 1 heterocycles. The molecule has 39 heavy (non-hydrogen) atoms. The minimum atomic E-state index is -4.75. The van der Waals surface area contributed by atoms with Crippen molar-refractivity contribution in [3.63, 3.8) is 0 Å². The number of fused-ring (bicyclic) bond motifs is 3. The van der Waals surface area contributed by atoms with Gasteiger partial charge in [0.15, 0.2) is 5.11 Å². The van der Waals surface area contributed by atoms with Crippen LogP contribution in [0.4, 0.5) is 24.5 Å². The highest BCUT2D eigenvalue weighted by Crippen LogP contribution is 2.29. The summed E-state index contributed by atoms with van der Waals surface area (Å²) in [6.07, 6.45) is -1.59. The fraction of sp³-hybridized carbons (Fsp3) is 0.0385. The molecule has 2 N–H and O–H groups in total. The molecule has 0 spiro atoms. The normalized spacial score (nSPS) is 11.7. The number of nitrogens with one attached hydrogen (secondary N) is 2. The van der Waals surface area contributed by atoms with Crippen LogP contribution >= 0.6 is 12.2 Å². The Kier molecular flexibility index (Phi) is 6.81. The van der Waals surface area contributed by atoms with Gasteiger partial charge >= 0.3 is 6.36 Å². The molecule has 0 aliphatic rings. The number of anilines is 1. The van der Waals surface area contributed by atoms with Gasteiger partial charge in [-0.3, -0.25) is 20.1 Å². The summed E-state index contributed by atoms with van der Waals surface area (Å²) in [6, 6.07) is 21.1. The summed E-state index contributed by atoms with van der Waals surface area (Å²) in [5.41, 5.74) is 5.68. The average molecular weight is 551 g/mol. The number of para-hydroxylation sites is 2. The van der Waals surface area contributed by atoms with Gasteiger partial charge in [-0.2, -0.15) is 5.10 Å². The lowest BCUT2D eigenvalue weighted by Crippen LogP contribution is -2.24. The van der Waals surface area contributed by atoms with Crippen molar-refractivity contribution in [3.8, 4) is 11.4 Å². The van der Waals surface area contributed by atoms with Gasteiger partial charge in [0.25, 0.3) is 5.69 Å². The number of hydrogen-bond donors (Lipinski definition) is 2. The van der Waals surface area contributed by atoms with Crippen LogP contribution in [-0.2, 0) is 0 Å². The molecule has 0 atom stereocenters. The fourth-order valence-electron chi connectivity index (χ4n) is 3.98. The maximum Gasteiger partial charge on any atom is 0.573 e. The van der Waals surface area contributed by atoms with E-state index < -0.39 is 11.3 Å². The third-order valence-electron chi connectivity index (χ3n) is 5.63. The Labute approximate surface area is 223 Å². The molecule has 0 unspecified atom stereocenters. The molecule has 9 nitrogen and oxygen atoms in total. The number of ether oxygens (including phenoxy) is 1. The lowest BCUT2D eigenvalue weighted by molar-refractivity contribution is -0.383. The van der Waals surface area contributed by atoms with Gasteiger partial charge in [0.1, 0.15) is 17.8 Å². The number of alkyl halides is 3. The number of rotatable bonds is 6. The van der Waals surface area contributed by atoms with E-state index in [1.807, 2.05) is 30.3 Å². The molecule has 4 aromatic carbocycles. The lowest BCUT2D eigenvalue weighted by atomic mass is 10.1. The largest absolute Gasteiger partial charge is 0.573 e. The first-order valence-electron chi connectivity index (χ1n) is 11.3. The first-order valence-corrected chi connectivity index (χ1v) is 11.7. The number of benzene rings is 4. The predicted octanol–water partition coefficient (Wildman–Crippen LogP) is 6.31. The highest BCUT2D eigenvalue weighted by Gasteiger charge is 2.31. The van der Waals surface area contributed by atoms with Gasteiger partial charge < -0.3 is 10.1 Å². The molecule has 0 saturated carbocycles. The van der Waals surface area contributed by atoms with E-state index in [-0.39, 0.29) is 22.2 Å². The van der Waals surface area contributed by atoms with Crippen molar-refractivity contribution in [3.05, 3.63) is 101 Å². The fourth-order valence-corrected chi connectivity index (χ4v) is 4.14. The maximum absolute atomic E-state index is 12.4. The summed E-state index contributed by atoms with van der Waals surface area (Å²) in [7, 11) is 0. The number of nitrogens with zero attached hydrogens (tertiary/aromatic N) is 4. The summed E-state index contributed by atoms with van der Waals surface area (Å²) in [5.74, 6) is -0.303. The van der Waals surface area contributed by atoms with Crippen molar-refractivity contribution in [2.24, 2.45) is 5.10 Å². The Bertz CT molecular complexity index is 1740. The van der Waals surface area contributed by atoms with Crippen LogP contribution in [0.15, 0.2) is 90.3 Å². The van der Waals surface area contributed by atoms with Crippen LogP contribution in [0, 0.1) is 10.1 Å². The number of nitro groups is 1. The summed E-state index contributed by atoms with van der Waals surface area (Å²) in [4.78, 5) is 15.2. The third kappa shape index (κ3) is 5.78. The second-order valence-corrected chi connectivity index (χ2v) is 8.58. The van der Waals surface area contributed by atoms with Gasteiger partial charge in [-0.05, 0) is 65.6 Å². The van der Waals surface area contributed by atoms with E-state index in [0.29, 0.717) is 5.69 Å². The van der Waals surface area contributed by atoms with E-state index >= 15 is 0 Å². The second kappa shape index (κ2) is 10.4. The number of halogens is 3. The van der Waals surface area contributed by atoms with Gasteiger partial charge in [0.2, 0.25) is 0 Å². The van der Waals surface area contributed by atoms with Gasteiger partial charge in [0.05, 0.1) is 22.2 Å². The molecule has 1 aromatic heterocycles. The van der Waals surface area contributed by atoms with Crippen molar-refractivity contribution in [1.82, 2.24) is 15.0 Å². The molecular weight excluding hydrogens is 533 g/mol. The molecule has 0 aliphatic carbocycles. The molecule has 196 valence electrons. The summed E-state index contributed by atoms with van der Waals surface area (Å²) >= 11 is 5.17. The maximum atomic E-state index is 12.4. The Morgan fingerprint density at radius 1 is 1.08 bits per heavy atom. The van der Waals surface area contributed by atoms with Gasteiger partial charge in [0, 0.05) is 17.1 Å². The van der Waals surface area contributed by atoms with E-state index in [1.54, 1.807) is 35.3 Å². The summed E-state index contributed by atoms with van der Waals surface area (Å²) in [5, 5.41) is 19.9. The van der Waals surface area contributed by atoms with E-state index in [1.165, 1.54) is 30.3 Å². The number of thiocarbonyl (C=S) groups is 1. The zero-order valence-electron chi connectivity index (χ0n) is 19.7. The standard InChI is InChI=1S/C26H17F3N6O3S/c27-26(28,29)38-19-9-7-18(8-10-19)34-15-30-24-20-11-5-16(13-17(20)6-12-23(24)34)14-31-33-25(39)32-21-3-1-2-4-22(21)35(36)37/h1-15H,(H2,32,33,39)/b31-14+. The Morgan fingerprint density at radius 2 is 1.85 bits per heavy atom. The van der Waals surface area contributed by atoms with Gasteiger partial charge in [-0.1, -0.05) is 30.3 Å². The molecule has 0 saturated heterocycles. The molecule has 0 bridgehead atoms. The average Bonchev–Trinajstić information content (AvgIpc) is 3.33. The lowest BCUT2D eigenvalue weighted by Gasteiger charge is -2.10. The van der Waals surface area contributed by atoms with E-state index in [2.05, 4.69) is 25.6 Å². The molecule has 5 rings (SSSR count). The predicted molar refractivity (Wildman–Crippen MR) is 145 cm³/mol. The smallest absolute Gasteiger partial charge is 0.406 e. The highest BCUT2D eigenvalue weighted by atomic mass is 32.1. The molecule has 0 fully saturated rings. The molecule has 0 aliphatic heterocycles. The van der Waals surface area contributed by atoms with Crippen LogP contribution in [0.5, 0.6) is 5.75 Å². The monoisotopic (exact) mass is 550 g/mol. The molecule has 0 amide bonds. The van der Waals surface area contributed by atoms with Crippen LogP contribution in [0.3, 0.4) is 0 Å². The first-order chi connectivity index (χ1) is 18.7. The minimum Gasteiger partial charge on any atom is -0.406 e. The molecule has 5 aromatic rings. The Balaban J connectivity index is 1.31. The molecule has 0 radical (unpaired) electrons. The second-order valence-electron chi connectivity index (χ2n) is 8.17. The van der Waals surface area contributed by atoms with E-state index in [0.717, 1.165) is 27.4 Å². The highest BCUT2D eigenvalue weighted by molar-refractivity contribution is 7.80. The van der Waals surface area contributed by atoms with Crippen LogP contribution in [0.25, 0.3) is 27.5 Å². The quantitative estimate of drug-likeness (QED) is 0.111. The zero-order valence-corrected chi connectivity index (χ0v) is 20.5. The molecular formula is C26H17F3N6O3S. The van der Waals surface area contributed by atoms with Crippen molar-refractivity contribution in [2.45, 2.75) is 6.36 Å². The van der Waals surface area contributed by atoms with Crippen LogP contribution < -0.4 is 15.5 Å².